The van der Waals surface area contributed by atoms with Gasteiger partial charge in [-0.1, -0.05) is 281 Å². The zero-order valence-corrected chi connectivity index (χ0v) is 53.7. The van der Waals surface area contributed by atoms with Gasteiger partial charge in [-0.05, 0) is 57.8 Å². The highest BCUT2D eigenvalue weighted by Crippen LogP contribution is 2.30. The van der Waals surface area contributed by atoms with E-state index in [0.717, 1.165) is 32.1 Å². The lowest BCUT2D eigenvalue weighted by molar-refractivity contribution is -0.359. The monoisotopic (exact) mass is 1190 g/mol. The van der Waals surface area contributed by atoms with Crippen LogP contribution in [0.1, 0.15) is 309 Å². The number of unbranched alkanes of at least 4 members (excludes halogenated alkanes) is 41. The molecule has 12 unspecified atom stereocenters. The number of hydrogen-bond donors (Lipinski definition) is 9. The summed E-state index contributed by atoms with van der Waals surface area (Å²) in [6.45, 7) is 2.81. The summed E-state index contributed by atoms with van der Waals surface area (Å²) in [4.78, 5) is 13.3. The van der Waals surface area contributed by atoms with Gasteiger partial charge in [0.05, 0.1) is 32.0 Å². The van der Waals surface area contributed by atoms with Gasteiger partial charge in [-0.3, -0.25) is 4.79 Å². The Labute approximate surface area is 512 Å². The van der Waals surface area contributed by atoms with E-state index in [1.165, 1.54) is 244 Å². The van der Waals surface area contributed by atoms with Crippen molar-refractivity contribution in [2.24, 2.45) is 0 Å². The van der Waals surface area contributed by atoms with Gasteiger partial charge in [-0.15, -0.1) is 0 Å². The van der Waals surface area contributed by atoms with Crippen LogP contribution in [0.5, 0.6) is 0 Å². The summed E-state index contributed by atoms with van der Waals surface area (Å²) in [5, 5.41) is 87.2. The number of rotatable bonds is 58. The van der Waals surface area contributed by atoms with Crippen molar-refractivity contribution >= 4 is 5.91 Å². The lowest BCUT2D eigenvalue weighted by Gasteiger charge is -2.46. The van der Waals surface area contributed by atoms with E-state index in [4.69, 9.17) is 18.9 Å². The molecule has 494 valence electrons. The van der Waals surface area contributed by atoms with E-state index in [0.29, 0.717) is 12.8 Å². The second-order valence-corrected chi connectivity index (χ2v) is 25.0. The number of nitrogens with one attached hydrogen (secondary N) is 1. The second kappa shape index (κ2) is 55.3. The molecule has 12 atom stereocenters. The largest absolute Gasteiger partial charge is 0.394 e. The van der Waals surface area contributed by atoms with Crippen molar-refractivity contribution in [3.63, 3.8) is 0 Å². The SMILES string of the molecule is CCCCCCCCCC/C=C\CCCCCCCCCCCCCCCCCCCCCCCCCC(=O)NC(COC1OC(CO)C(OC2OC(CO)C(O)C(O)C2O)C(O)C1O)C(O)/C=C/CC/C=C/CCCCCCCCCCC. The summed E-state index contributed by atoms with van der Waals surface area (Å²) in [6.07, 6.45) is 53.7. The van der Waals surface area contributed by atoms with Crippen molar-refractivity contribution in [1.29, 1.82) is 0 Å². The Morgan fingerprint density at radius 1 is 0.417 bits per heavy atom. The standard InChI is InChI=1S/C70H131NO13/c1-3-5-7-9-11-13-15-17-19-20-21-22-23-24-25-26-27-28-29-30-31-32-33-34-35-36-37-38-40-42-44-46-48-50-52-54-62(75)71-58(59(74)53-51-49-47-45-43-41-39-18-16-14-12-10-8-6-4-2)57-81-69-67(80)65(78)68(61(56-73)83-69)84-70-66(79)64(77)63(76)60(55-72)82-70/h20-21,43,45,51,53,58-61,63-70,72-74,76-80H,3-19,22-42,44,46-50,52,54-57H2,1-2H3,(H,71,75)/b21-20-,45-43+,53-51+. The van der Waals surface area contributed by atoms with E-state index >= 15 is 0 Å². The van der Waals surface area contributed by atoms with Gasteiger partial charge in [0.2, 0.25) is 5.91 Å². The molecule has 0 aliphatic carbocycles. The zero-order valence-electron chi connectivity index (χ0n) is 53.7. The molecule has 0 saturated carbocycles. The maximum absolute atomic E-state index is 13.3. The molecular formula is C70H131NO13. The average molecular weight is 1190 g/mol. The van der Waals surface area contributed by atoms with E-state index < -0.39 is 86.8 Å². The van der Waals surface area contributed by atoms with Gasteiger partial charge >= 0.3 is 0 Å². The maximum Gasteiger partial charge on any atom is 0.220 e. The molecule has 9 N–H and O–H groups in total. The van der Waals surface area contributed by atoms with Crippen molar-refractivity contribution < 1.29 is 64.6 Å². The minimum atomic E-state index is -1.79. The number of carbonyl (C=O) groups is 1. The molecule has 14 heteroatoms. The van der Waals surface area contributed by atoms with Gasteiger partial charge < -0.3 is 65.1 Å². The highest BCUT2D eigenvalue weighted by molar-refractivity contribution is 5.76. The molecule has 2 saturated heterocycles. The van der Waals surface area contributed by atoms with E-state index in [9.17, 15) is 45.6 Å². The summed E-state index contributed by atoms with van der Waals surface area (Å²) in [6, 6.07) is -0.929. The lowest BCUT2D eigenvalue weighted by atomic mass is 9.97. The van der Waals surface area contributed by atoms with Crippen molar-refractivity contribution in [3.05, 3.63) is 36.5 Å². The molecule has 2 aliphatic heterocycles. The minimum absolute atomic E-state index is 0.244. The lowest BCUT2D eigenvalue weighted by Crippen LogP contribution is -2.65. The first-order valence-corrected chi connectivity index (χ1v) is 35.2. The first kappa shape index (κ1) is 78.3. The fourth-order valence-corrected chi connectivity index (χ4v) is 11.7. The van der Waals surface area contributed by atoms with Crippen LogP contribution < -0.4 is 5.32 Å². The molecule has 14 nitrogen and oxygen atoms in total. The molecule has 0 aromatic carbocycles. The highest BCUT2D eigenvalue weighted by atomic mass is 16.7. The number of amides is 1. The third-order valence-corrected chi connectivity index (χ3v) is 17.3. The Morgan fingerprint density at radius 2 is 0.762 bits per heavy atom. The molecular weight excluding hydrogens is 1060 g/mol. The third-order valence-electron chi connectivity index (χ3n) is 17.3. The Hall–Kier alpha value is -1.79. The van der Waals surface area contributed by atoms with E-state index in [1.54, 1.807) is 6.08 Å². The molecule has 2 rings (SSSR count). The highest BCUT2D eigenvalue weighted by Gasteiger charge is 2.51. The summed E-state index contributed by atoms with van der Waals surface area (Å²) in [5.41, 5.74) is 0. The smallest absolute Gasteiger partial charge is 0.220 e. The van der Waals surface area contributed by atoms with Crippen LogP contribution >= 0.6 is 0 Å². The molecule has 2 fully saturated rings. The summed E-state index contributed by atoms with van der Waals surface area (Å²) < 4.78 is 22.8. The summed E-state index contributed by atoms with van der Waals surface area (Å²) >= 11 is 0. The van der Waals surface area contributed by atoms with E-state index in [-0.39, 0.29) is 18.9 Å². The Bertz CT molecular complexity index is 1550. The molecule has 2 heterocycles. The van der Waals surface area contributed by atoms with E-state index in [2.05, 4.69) is 43.5 Å². The molecule has 0 radical (unpaired) electrons. The van der Waals surface area contributed by atoms with Crippen molar-refractivity contribution in [3.8, 4) is 0 Å². The number of aliphatic hydroxyl groups excluding tert-OH is 8. The molecule has 84 heavy (non-hydrogen) atoms. The predicted octanol–water partition coefficient (Wildman–Crippen LogP) is 14.1. The fourth-order valence-electron chi connectivity index (χ4n) is 11.7. The van der Waals surface area contributed by atoms with Crippen LogP contribution in [0.3, 0.4) is 0 Å². The second-order valence-electron chi connectivity index (χ2n) is 25.0. The fraction of sp³-hybridized carbons (Fsp3) is 0.900. The van der Waals surface area contributed by atoms with Gasteiger partial charge in [0.15, 0.2) is 12.6 Å². The predicted molar refractivity (Wildman–Crippen MR) is 341 cm³/mol. The first-order chi connectivity index (χ1) is 41.1. The normalized spacial score (nSPS) is 23.8. The third kappa shape index (κ3) is 39.3. The number of allylic oxidation sites excluding steroid dienone is 5. The molecule has 2 aliphatic rings. The van der Waals surface area contributed by atoms with Gasteiger partial charge in [-0.2, -0.15) is 0 Å². The van der Waals surface area contributed by atoms with Crippen molar-refractivity contribution in [1.82, 2.24) is 5.32 Å². The first-order valence-electron chi connectivity index (χ1n) is 35.2. The van der Waals surface area contributed by atoms with Crippen LogP contribution in [0.2, 0.25) is 0 Å². The number of hydrogen-bond acceptors (Lipinski definition) is 13. The van der Waals surface area contributed by atoms with Crippen LogP contribution in [0.15, 0.2) is 36.5 Å². The Morgan fingerprint density at radius 3 is 1.17 bits per heavy atom. The van der Waals surface area contributed by atoms with Crippen molar-refractivity contribution in [2.45, 2.75) is 383 Å². The Kier molecular flexibility index (Phi) is 51.5. The molecule has 0 aromatic heterocycles. The molecule has 0 bridgehead atoms. The van der Waals surface area contributed by atoms with Crippen LogP contribution in [0.4, 0.5) is 0 Å². The van der Waals surface area contributed by atoms with Gasteiger partial charge in [0, 0.05) is 6.42 Å². The maximum atomic E-state index is 13.3. The number of ether oxygens (including phenoxy) is 4. The van der Waals surface area contributed by atoms with Gasteiger partial charge in [0.1, 0.15) is 48.8 Å². The number of aliphatic hydroxyl groups is 8. The van der Waals surface area contributed by atoms with Gasteiger partial charge in [0.25, 0.3) is 0 Å². The summed E-state index contributed by atoms with van der Waals surface area (Å²) in [5.74, 6) is -0.244. The molecule has 1 amide bonds. The average Bonchev–Trinajstić information content (AvgIpc) is 3.23. The number of carbonyl (C=O) groups excluding carboxylic acids is 1. The van der Waals surface area contributed by atoms with Gasteiger partial charge in [-0.25, -0.2) is 0 Å². The summed E-state index contributed by atoms with van der Waals surface area (Å²) in [7, 11) is 0. The van der Waals surface area contributed by atoms with E-state index in [1.807, 2.05) is 6.08 Å². The van der Waals surface area contributed by atoms with Crippen LogP contribution in [0, 0.1) is 0 Å². The zero-order chi connectivity index (χ0) is 60.9. The van der Waals surface area contributed by atoms with Crippen molar-refractivity contribution in [2.75, 3.05) is 19.8 Å². The van der Waals surface area contributed by atoms with Crippen LogP contribution in [-0.2, 0) is 23.7 Å². The minimum Gasteiger partial charge on any atom is -0.394 e. The Balaban J connectivity index is 1.60. The molecule has 0 spiro atoms. The van der Waals surface area contributed by atoms with Crippen LogP contribution in [-0.4, -0.2) is 140 Å². The molecule has 0 aromatic rings. The topological polar surface area (TPSA) is 228 Å². The van der Waals surface area contributed by atoms with Crippen LogP contribution in [0.25, 0.3) is 0 Å². The quantitative estimate of drug-likeness (QED) is 0.0204.